The number of carbonyl (C=O) groups excluding carboxylic acids is 1. The normalized spacial score (nSPS) is 19.9. The molecule has 1 amide bonds. The molecule has 31 heavy (non-hydrogen) atoms. The highest BCUT2D eigenvalue weighted by molar-refractivity contribution is 7.89. The summed E-state index contributed by atoms with van der Waals surface area (Å²) in [6.07, 6.45) is 3.78. The third-order valence-corrected chi connectivity index (χ3v) is 7.95. The lowest BCUT2D eigenvalue weighted by Crippen LogP contribution is -2.41. The van der Waals surface area contributed by atoms with Crippen LogP contribution in [0.5, 0.6) is 5.75 Å². The Morgan fingerprint density at radius 2 is 1.94 bits per heavy atom. The maximum absolute atomic E-state index is 13.1. The van der Waals surface area contributed by atoms with Gasteiger partial charge in [-0.3, -0.25) is 9.69 Å². The topological polar surface area (TPSA) is 83.9 Å². The predicted octanol–water partition coefficient (Wildman–Crippen LogP) is 2.69. The number of benzene rings is 1. The van der Waals surface area contributed by atoms with E-state index in [-0.39, 0.29) is 23.4 Å². The molecule has 4 rings (SSSR count). The van der Waals surface area contributed by atoms with Gasteiger partial charge in [-0.05, 0) is 57.0 Å². The Hall–Kier alpha value is -2.36. The number of anilines is 1. The molecule has 1 N–H and O–H groups in total. The Bertz CT molecular complexity index is 1040. The fraction of sp³-hybridized carbons (Fsp3) is 0.500. The van der Waals surface area contributed by atoms with Gasteiger partial charge < -0.3 is 14.6 Å². The highest BCUT2D eigenvalue weighted by Crippen LogP contribution is 2.32. The summed E-state index contributed by atoms with van der Waals surface area (Å²) in [5.74, 6) is 0.151. The molecule has 3 heterocycles. The number of hydrogen-bond acceptors (Lipinski definition) is 5. The first-order valence-corrected chi connectivity index (χ1v) is 12.3. The molecule has 168 valence electrons. The maximum Gasteiger partial charge on any atom is 0.246 e. The van der Waals surface area contributed by atoms with Crippen LogP contribution in [0, 0.1) is 0 Å². The molecule has 1 fully saturated rings. The van der Waals surface area contributed by atoms with E-state index in [2.05, 4.69) is 34.0 Å². The van der Waals surface area contributed by atoms with E-state index in [1.165, 1.54) is 16.1 Å². The number of ether oxygens (including phenoxy) is 1. The second-order valence-corrected chi connectivity index (χ2v) is 9.93. The Morgan fingerprint density at radius 3 is 2.68 bits per heavy atom. The number of nitrogens with zero attached hydrogens (tertiary/aromatic N) is 3. The van der Waals surface area contributed by atoms with Gasteiger partial charge in [0.25, 0.3) is 0 Å². The molecule has 2 aliphatic rings. The molecule has 0 spiro atoms. The van der Waals surface area contributed by atoms with Gasteiger partial charge in [-0.1, -0.05) is 0 Å². The van der Waals surface area contributed by atoms with Gasteiger partial charge in [-0.2, -0.15) is 4.31 Å². The molecule has 1 aromatic carbocycles. The third-order valence-electron chi connectivity index (χ3n) is 6.03. The molecule has 1 aromatic heterocycles. The molecule has 1 saturated heterocycles. The zero-order chi connectivity index (χ0) is 22.0. The van der Waals surface area contributed by atoms with Crippen molar-refractivity contribution in [3.05, 3.63) is 42.2 Å². The molecule has 0 unspecified atom stereocenters. The Labute approximate surface area is 183 Å². The summed E-state index contributed by atoms with van der Waals surface area (Å²) in [4.78, 5) is 15.0. The summed E-state index contributed by atoms with van der Waals surface area (Å²) >= 11 is 0. The zero-order valence-corrected chi connectivity index (χ0v) is 18.9. The highest BCUT2D eigenvalue weighted by Gasteiger charge is 2.31. The van der Waals surface area contributed by atoms with E-state index in [0.29, 0.717) is 31.1 Å². The number of hydrogen-bond donors (Lipinski definition) is 1. The lowest BCUT2D eigenvalue weighted by molar-refractivity contribution is -0.118. The molecule has 1 atom stereocenters. The van der Waals surface area contributed by atoms with E-state index in [1.54, 1.807) is 12.1 Å². The summed E-state index contributed by atoms with van der Waals surface area (Å²) in [5.41, 5.74) is 1.65. The zero-order valence-electron chi connectivity index (χ0n) is 18.1. The van der Waals surface area contributed by atoms with Gasteiger partial charge in [0, 0.05) is 49.8 Å². The third kappa shape index (κ3) is 4.49. The number of carbonyl (C=O) groups is 1. The molecule has 2 aliphatic heterocycles. The monoisotopic (exact) mass is 446 g/mol. The van der Waals surface area contributed by atoms with Gasteiger partial charge in [0.05, 0.1) is 13.2 Å². The van der Waals surface area contributed by atoms with Crippen molar-refractivity contribution in [2.45, 2.75) is 44.2 Å². The first-order valence-electron chi connectivity index (χ1n) is 10.9. The second-order valence-electron chi connectivity index (χ2n) is 8.03. The fourth-order valence-corrected chi connectivity index (χ4v) is 6.03. The molecular formula is C22H30N4O4S. The van der Waals surface area contributed by atoms with Crippen LogP contribution in [0.3, 0.4) is 0 Å². The number of fused-ring (bicyclic) bond motifs is 1. The number of sulfonamides is 1. The predicted molar refractivity (Wildman–Crippen MR) is 119 cm³/mol. The van der Waals surface area contributed by atoms with Crippen LogP contribution in [-0.2, 0) is 21.4 Å². The molecule has 0 radical (unpaired) electrons. The SMILES string of the molecule is CCOc1ccc(NC(=O)CN2CCn3cccc3[C@H]2C)cc1S(=O)(=O)N1CCCC1. The van der Waals surface area contributed by atoms with Crippen LogP contribution < -0.4 is 10.1 Å². The van der Waals surface area contributed by atoms with Crippen molar-refractivity contribution >= 4 is 21.6 Å². The van der Waals surface area contributed by atoms with Crippen LogP contribution in [0.4, 0.5) is 5.69 Å². The standard InChI is InChI=1S/C22H30N4O4S/c1-3-30-20-9-8-18(15-21(20)31(28,29)26-11-4-5-12-26)23-22(27)16-25-14-13-24-10-6-7-19(24)17(25)2/h6-10,15,17H,3-5,11-14,16H2,1-2H3,(H,23,27)/t17-/m1/s1. The number of aromatic nitrogens is 1. The van der Waals surface area contributed by atoms with Gasteiger partial charge in [-0.15, -0.1) is 0 Å². The van der Waals surface area contributed by atoms with E-state index in [9.17, 15) is 13.2 Å². The van der Waals surface area contributed by atoms with E-state index in [1.807, 2.05) is 13.0 Å². The summed E-state index contributed by atoms with van der Waals surface area (Å²) < 4.78 is 35.6. The average Bonchev–Trinajstić information content (AvgIpc) is 3.44. The quantitative estimate of drug-likeness (QED) is 0.707. The van der Waals surface area contributed by atoms with Gasteiger partial charge in [0.15, 0.2) is 0 Å². The van der Waals surface area contributed by atoms with Crippen LogP contribution in [0.15, 0.2) is 41.4 Å². The van der Waals surface area contributed by atoms with Crippen molar-refractivity contribution in [3.8, 4) is 5.75 Å². The summed E-state index contributed by atoms with van der Waals surface area (Å²) in [6.45, 7) is 7.18. The van der Waals surface area contributed by atoms with Crippen LogP contribution in [0.25, 0.3) is 0 Å². The van der Waals surface area contributed by atoms with E-state index in [4.69, 9.17) is 4.74 Å². The molecule has 8 nitrogen and oxygen atoms in total. The van der Waals surface area contributed by atoms with Crippen molar-refractivity contribution < 1.29 is 17.9 Å². The Kier molecular flexibility index (Phi) is 6.36. The summed E-state index contributed by atoms with van der Waals surface area (Å²) in [5, 5.41) is 2.87. The van der Waals surface area contributed by atoms with Crippen molar-refractivity contribution in [3.63, 3.8) is 0 Å². The molecule has 9 heteroatoms. The smallest absolute Gasteiger partial charge is 0.246 e. The van der Waals surface area contributed by atoms with Crippen molar-refractivity contribution in [1.29, 1.82) is 0 Å². The largest absolute Gasteiger partial charge is 0.492 e. The number of nitrogens with one attached hydrogen (secondary N) is 1. The van der Waals surface area contributed by atoms with Gasteiger partial charge >= 0.3 is 0 Å². The van der Waals surface area contributed by atoms with E-state index >= 15 is 0 Å². The van der Waals surface area contributed by atoms with Crippen LogP contribution in [0.2, 0.25) is 0 Å². The van der Waals surface area contributed by atoms with Crippen molar-refractivity contribution in [2.75, 3.05) is 38.1 Å². The summed E-state index contributed by atoms with van der Waals surface area (Å²) in [7, 11) is -3.67. The minimum absolute atomic E-state index is 0.109. The van der Waals surface area contributed by atoms with Crippen LogP contribution >= 0.6 is 0 Å². The first kappa shape index (κ1) is 21.9. The van der Waals surface area contributed by atoms with Crippen molar-refractivity contribution in [1.82, 2.24) is 13.8 Å². The van der Waals surface area contributed by atoms with Gasteiger partial charge in [0.1, 0.15) is 10.6 Å². The summed E-state index contributed by atoms with van der Waals surface area (Å²) in [6, 6.07) is 9.08. The van der Waals surface area contributed by atoms with E-state index < -0.39 is 10.0 Å². The van der Waals surface area contributed by atoms with Crippen LogP contribution in [-0.4, -0.2) is 60.9 Å². The molecular weight excluding hydrogens is 416 g/mol. The minimum atomic E-state index is -3.67. The maximum atomic E-state index is 13.1. The molecule has 0 aliphatic carbocycles. The van der Waals surface area contributed by atoms with Crippen molar-refractivity contribution in [2.24, 2.45) is 0 Å². The highest BCUT2D eigenvalue weighted by atomic mass is 32.2. The molecule has 2 aromatic rings. The second kappa shape index (κ2) is 9.02. The van der Waals surface area contributed by atoms with Gasteiger partial charge in [-0.25, -0.2) is 8.42 Å². The number of rotatable bonds is 7. The van der Waals surface area contributed by atoms with Crippen LogP contribution in [0.1, 0.15) is 38.4 Å². The Morgan fingerprint density at radius 1 is 1.16 bits per heavy atom. The fourth-order valence-electron chi connectivity index (χ4n) is 4.36. The average molecular weight is 447 g/mol. The van der Waals surface area contributed by atoms with E-state index in [0.717, 1.165) is 25.9 Å². The number of amides is 1. The lowest BCUT2D eigenvalue weighted by atomic mass is 10.1. The minimum Gasteiger partial charge on any atom is -0.492 e. The first-order chi connectivity index (χ1) is 14.9. The Balaban J connectivity index is 1.50. The molecule has 0 saturated carbocycles. The van der Waals surface area contributed by atoms with Gasteiger partial charge in [0.2, 0.25) is 15.9 Å². The molecule has 0 bridgehead atoms. The lowest BCUT2D eigenvalue weighted by Gasteiger charge is -2.34.